The molecule has 6 N–H and O–H groups in total. The van der Waals surface area contributed by atoms with E-state index in [2.05, 4.69) is 10.7 Å². The van der Waals surface area contributed by atoms with Crippen LogP contribution in [0.1, 0.15) is 46.0 Å². The van der Waals surface area contributed by atoms with Crippen LogP contribution in [0.15, 0.2) is 11.4 Å². The first kappa shape index (κ1) is 17.7. The van der Waals surface area contributed by atoms with Gasteiger partial charge in [0.15, 0.2) is 0 Å². The van der Waals surface area contributed by atoms with Gasteiger partial charge in [0, 0.05) is 12.7 Å². The molecule has 6 heteroatoms. The molecule has 1 unspecified atom stereocenters. The SMILES string of the molecule is CC.CNC(=O)COC1CCCCC/C(NN)=C\1N. The Morgan fingerprint density at radius 3 is 2.63 bits per heavy atom. The van der Waals surface area contributed by atoms with Crippen LogP contribution in [0.3, 0.4) is 0 Å². The molecule has 0 saturated carbocycles. The van der Waals surface area contributed by atoms with E-state index in [1.165, 1.54) is 0 Å². The van der Waals surface area contributed by atoms with Gasteiger partial charge in [-0.25, -0.2) is 0 Å². The summed E-state index contributed by atoms with van der Waals surface area (Å²) in [6.45, 7) is 4.03. The minimum atomic E-state index is -0.223. The summed E-state index contributed by atoms with van der Waals surface area (Å²) >= 11 is 0. The van der Waals surface area contributed by atoms with Crippen molar-refractivity contribution in [3.63, 3.8) is 0 Å². The van der Waals surface area contributed by atoms with Gasteiger partial charge in [-0.05, 0) is 19.3 Å². The standard InChI is InChI=1S/C11H22N4O2.C2H6/c1-14-10(16)7-17-9-6-4-2-3-5-8(15-13)11(9)12;1-2/h9,15H,2-7,12-13H2,1H3,(H,14,16);1-2H3/b11-8-;. The highest BCUT2D eigenvalue weighted by molar-refractivity contribution is 5.76. The van der Waals surface area contributed by atoms with E-state index in [-0.39, 0.29) is 18.6 Å². The summed E-state index contributed by atoms with van der Waals surface area (Å²) in [6.07, 6.45) is 4.69. The predicted molar refractivity (Wildman–Crippen MR) is 76.8 cm³/mol. The van der Waals surface area contributed by atoms with Crippen molar-refractivity contribution in [2.45, 2.75) is 52.1 Å². The maximum absolute atomic E-state index is 11.1. The van der Waals surface area contributed by atoms with E-state index in [0.717, 1.165) is 37.8 Å². The van der Waals surface area contributed by atoms with Gasteiger partial charge in [-0.15, -0.1) is 0 Å². The Morgan fingerprint density at radius 2 is 2.05 bits per heavy atom. The van der Waals surface area contributed by atoms with Gasteiger partial charge in [-0.1, -0.05) is 26.7 Å². The third-order valence-electron chi connectivity index (χ3n) is 2.96. The highest BCUT2D eigenvalue weighted by Gasteiger charge is 2.19. The van der Waals surface area contributed by atoms with E-state index in [9.17, 15) is 4.79 Å². The Hall–Kier alpha value is -1.27. The third-order valence-corrected chi connectivity index (χ3v) is 2.96. The van der Waals surface area contributed by atoms with Gasteiger partial charge in [0.05, 0.1) is 11.8 Å². The summed E-state index contributed by atoms with van der Waals surface area (Å²) in [5, 5.41) is 2.51. The van der Waals surface area contributed by atoms with Gasteiger partial charge in [0.25, 0.3) is 0 Å². The molecule has 0 saturated heterocycles. The van der Waals surface area contributed by atoms with Gasteiger partial charge in [-0.3, -0.25) is 10.6 Å². The topological polar surface area (TPSA) is 102 Å². The summed E-state index contributed by atoms with van der Waals surface area (Å²) < 4.78 is 5.53. The zero-order chi connectivity index (χ0) is 14.7. The van der Waals surface area contributed by atoms with Gasteiger partial charge < -0.3 is 21.2 Å². The second-order valence-corrected chi connectivity index (χ2v) is 4.15. The van der Waals surface area contributed by atoms with Gasteiger partial charge >= 0.3 is 0 Å². The molecular weight excluding hydrogens is 244 g/mol. The summed E-state index contributed by atoms with van der Waals surface area (Å²) in [4.78, 5) is 11.1. The lowest BCUT2D eigenvalue weighted by atomic mass is 9.99. The molecule has 0 aromatic heterocycles. The van der Waals surface area contributed by atoms with Crippen molar-refractivity contribution in [1.82, 2.24) is 10.7 Å². The lowest BCUT2D eigenvalue weighted by molar-refractivity contribution is -0.126. The quantitative estimate of drug-likeness (QED) is 0.446. The van der Waals surface area contributed by atoms with Crippen LogP contribution in [-0.4, -0.2) is 25.7 Å². The van der Waals surface area contributed by atoms with Crippen molar-refractivity contribution in [2.24, 2.45) is 11.6 Å². The lowest BCUT2D eigenvalue weighted by Gasteiger charge is -2.23. The number of hydrogen-bond acceptors (Lipinski definition) is 5. The fourth-order valence-corrected chi connectivity index (χ4v) is 1.88. The Labute approximate surface area is 115 Å². The van der Waals surface area contributed by atoms with Crippen LogP contribution in [0.2, 0.25) is 0 Å². The number of likely N-dealkylation sites (N-methyl/N-ethyl adjacent to an activating group) is 1. The zero-order valence-corrected chi connectivity index (χ0v) is 12.3. The molecule has 19 heavy (non-hydrogen) atoms. The van der Waals surface area contributed by atoms with Crippen molar-refractivity contribution >= 4 is 5.91 Å². The van der Waals surface area contributed by atoms with Crippen molar-refractivity contribution in [3.8, 4) is 0 Å². The van der Waals surface area contributed by atoms with Crippen LogP contribution in [0.5, 0.6) is 0 Å². The molecule has 6 nitrogen and oxygen atoms in total. The number of allylic oxidation sites excluding steroid dienone is 1. The van der Waals surface area contributed by atoms with E-state index < -0.39 is 0 Å². The normalized spacial score (nSPS) is 23.5. The Balaban J connectivity index is 0.00000154. The van der Waals surface area contributed by atoms with E-state index in [1.54, 1.807) is 7.05 Å². The maximum Gasteiger partial charge on any atom is 0.245 e. The lowest BCUT2D eigenvalue weighted by Crippen LogP contribution is -2.34. The predicted octanol–water partition coefficient (Wildman–Crippen LogP) is 0.742. The molecule has 1 aliphatic rings. The molecule has 112 valence electrons. The summed E-state index contributed by atoms with van der Waals surface area (Å²) in [6, 6.07) is 0. The number of rotatable bonds is 4. The van der Waals surface area contributed by atoms with E-state index >= 15 is 0 Å². The molecule has 0 radical (unpaired) electrons. The van der Waals surface area contributed by atoms with Crippen LogP contribution in [-0.2, 0) is 9.53 Å². The van der Waals surface area contributed by atoms with Crippen molar-refractivity contribution in [2.75, 3.05) is 13.7 Å². The first-order valence-corrected chi connectivity index (χ1v) is 6.96. The minimum absolute atomic E-state index is 0.0275. The van der Waals surface area contributed by atoms with Crippen molar-refractivity contribution < 1.29 is 9.53 Å². The maximum atomic E-state index is 11.1. The Bertz CT molecular complexity index is 292. The second-order valence-electron chi connectivity index (χ2n) is 4.15. The van der Waals surface area contributed by atoms with Crippen LogP contribution in [0.4, 0.5) is 0 Å². The van der Waals surface area contributed by atoms with Crippen molar-refractivity contribution in [1.29, 1.82) is 0 Å². The summed E-state index contributed by atoms with van der Waals surface area (Å²) in [5.74, 6) is 5.28. The Kier molecular flexibility index (Phi) is 9.92. The molecule has 1 amide bonds. The molecule has 1 rings (SSSR count). The van der Waals surface area contributed by atoms with Gasteiger partial charge in [0.1, 0.15) is 6.61 Å². The van der Waals surface area contributed by atoms with Crippen LogP contribution in [0, 0.1) is 0 Å². The number of carbonyl (C=O) groups is 1. The molecular formula is C13H28N4O2. The zero-order valence-electron chi connectivity index (χ0n) is 12.3. The molecule has 0 spiro atoms. The number of ether oxygens (including phenoxy) is 1. The molecule has 1 aliphatic carbocycles. The molecule has 0 heterocycles. The number of hydrogen-bond donors (Lipinski definition) is 4. The largest absolute Gasteiger partial charge is 0.398 e. The first-order valence-electron chi connectivity index (χ1n) is 6.96. The summed E-state index contributed by atoms with van der Waals surface area (Å²) in [7, 11) is 1.58. The van der Waals surface area contributed by atoms with Crippen LogP contribution in [0.25, 0.3) is 0 Å². The fraction of sp³-hybridized carbons (Fsp3) is 0.769. The number of amides is 1. The van der Waals surface area contributed by atoms with E-state index in [4.69, 9.17) is 16.3 Å². The fourth-order valence-electron chi connectivity index (χ4n) is 1.88. The minimum Gasteiger partial charge on any atom is -0.398 e. The molecule has 0 aliphatic heterocycles. The monoisotopic (exact) mass is 272 g/mol. The first-order chi connectivity index (χ1) is 9.19. The summed E-state index contributed by atoms with van der Waals surface area (Å²) in [5.41, 5.74) is 10.1. The number of nitrogens with two attached hydrogens (primary N) is 2. The molecule has 1 atom stereocenters. The third kappa shape index (κ3) is 6.45. The molecule has 0 aromatic carbocycles. The average Bonchev–Trinajstić information content (AvgIpc) is 2.45. The van der Waals surface area contributed by atoms with Gasteiger partial charge in [-0.2, -0.15) is 0 Å². The van der Waals surface area contributed by atoms with Crippen molar-refractivity contribution in [3.05, 3.63) is 11.4 Å². The smallest absolute Gasteiger partial charge is 0.245 e. The highest BCUT2D eigenvalue weighted by atomic mass is 16.5. The molecule has 0 bridgehead atoms. The Morgan fingerprint density at radius 1 is 1.37 bits per heavy atom. The number of carbonyl (C=O) groups excluding carboxylic acids is 1. The molecule has 0 aromatic rings. The second kappa shape index (κ2) is 10.6. The number of hydrazine groups is 1. The van der Waals surface area contributed by atoms with E-state index in [0.29, 0.717) is 5.70 Å². The van der Waals surface area contributed by atoms with Crippen LogP contribution >= 0.6 is 0 Å². The van der Waals surface area contributed by atoms with Crippen LogP contribution < -0.4 is 22.3 Å². The molecule has 0 fully saturated rings. The number of nitrogens with one attached hydrogen (secondary N) is 2. The van der Waals surface area contributed by atoms with Gasteiger partial charge in [0.2, 0.25) is 5.91 Å². The van der Waals surface area contributed by atoms with E-state index in [1.807, 2.05) is 13.8 Å². The average molecular weight is 272 g/mol. The highest BCUT2D eigenvalue weighted by Crippen LogP contribution is 2.20.